The first kappa shape index (κ1) is 38.2. The monoisotopic (exact) mass is 757 g/mol. The summed E-state index contributed by atoms with van der Waals surface area (Å²) in [6.45, 7) is 1.56. The first-order chi connectivity index (χ1) is 26.4. The molecule has 9 nitrogen and oxygen atoms in total. The molecule has 0 unspecified atom stereocenters. The quantitative estimate of drug-likeness (QED) is 0.139. The maximum absolute atomic E-state index is 16.1. The van der Waals surface area contributed by atoms with E-state index < -0.39 is 42.6 Å². The summed E-state index contributed by atoms with van der Waals surface area (Å²) in [7, 11) is 4.03. The van der Waals surface area contributed by atoms with Crippen molar-refractivity contribution in [3.8, 4) is 11.3 Å². The largest absolute Gasteiger partial charge is 0.480 e. The first-order valence-corrected chi connectivity index (χ1v) is 18.4. The van der Waals surface area contributed by atoms with Gasteiger partial charge in [-0.2, -0.15) is 13.2 Å². The minimum absolute atomic E-state index is 0.00942. The van der Waals surface area contributed by atoms with Crippen LogP contribution in [0.3, 0.4) is 0 Å². The predicted molar refractivity (Wildman–Crippen MR) is 204 cm³/mol. The van der Waals surface area contributed by atoms with Crippen molar-refractivity contribution in [2.75, 3.05) is 51.8 Å². The fourth-order valence-electron chi connectivity index (χ4n) is 7.93. The average molecular weight is 758 g/mol. The number of alkyl halides is 3. The number of ether oxygens (including phenoxy) is 1. The van der Waals surface area contributed by atoms with E-state index in [0.29, 0.717) is 18.7 Å². The second-order valence-electron chi connectivity index (χ2n) is 14.6. The van der Waals surface area contributed by atoms with E-state index >= 15 is 4.39 Å². The van der Waals surface area contributed by atoms with Crippen LogP contribution < -0.4 is 10.2 Å². The van der Waals surface area contributed by atoms with Crippen LogP contribution in [-0.4, -0.2) is 97.0 Å². The number of amides is 1. The number of carboxylic acid groups (broad SMARTS) is 1. The van der Waals surface area contributed by atoms with Crippen LogP contribution >= 0.6 is 0 Å². The lowest BCUT2D eigenvalue weighted by Gasteiger charge is -2.38. The molecule has 2 atom stereocenters. The number of hydrogen-bond donors (Lipinski definition) is 2. The third-order valence-corrected chi connectivity index (χ3v) is 10.5. The van der Waals surface area contributed by atoms with Crippen molar-refractivity contribution < 1.29 is 37.0 Å². The van der Waals surface area contributed by atoms with Crippen LogP contribution in [0.2, 0.25) is 0 Å². The average Bonchev–Trinajstić information content (AvgIpc) is 3.66. The van der Waals surface area contributed by atoms with Gasteiger partial charge in [0.25, 0.3) is 5.91 Å². The number of nitrogens with zero attached hydrogens (tertiary/aromatic N) is 4. The first-order valence-electron chi connectivity index (χ1n) is 18.4. The summed E-state index contributed by atoms with van der Waals surface area (Å²) in [4.78, 5) is 36.6. The number of aromatic nitrogens is 1. The van der Waals surface area contributed by atoms with Gasteiger partial charge in [0.2, 0.25) is 0 Å². The Labute approximate surface area is 316 Å². The maximum Gasteiger partial charge on any atom is 0.411 e. The number of carbonyl (C=O) groups is 2. The molecule has 2 fully saturated rings. The third-order valence-electron chi connectivity index (χ3n) is 10.5. The van der Waals surface area contributed by atoms with E-state index in [1.807, 2.05) is 67.5 Å². The van der Waals surface area contributed by atoms with Gasteiger partial charge in [0.05, 0.1) is 24.5 Å². The molecule has 0 saturated carbocycles. The summed E-state index contributed by atoms with van der Waals surface area (Å²) in [5.41, 5.74) is 3.26. The number of halogens is 4. The molecule has 2 saturated heterocycles. The van der Waals surface area contributed by atoms with Crippen molar-refractivity contribution in [3.05, 3.63) is 107 Å². The normalized spacial score (nSPS) is 17.3. The molecule has 13 heteroatoms. The van der Waals surface area contributed by atoms with E-state index in [1.165, 1.54) is 6.07 Å². The SMILES string of the molecule is CN(C)Cc1cccc2c(-c3cccc4c(C[C@H](NC(=O)c5c(F)cc(N6CCOC[C@@H]6C(F)(F)F)cc5CN5CCCC5)C(=O)O)cccc34)nccc12. The molecule has 0 spiro atoms. The van der Waals surface area contributed by atoms with Gasteiger partial charge >= 0.3 is 12.1 Å². The van der Waals surface area contributed by atoms with Crippen LogP contribution in [0, 0.1) is 5.82 Å². The van der Waals surface area contributed by atoms with E-state index in [4.69, 9.17) is 9.72 Å². The maximum atomic E-state index is 16.1. The standard InChI is InChI=1S/C42H43F4N5O4/c1-49(2)23-27-9-6-12-33-31(27)14-15-47-39(33)34-13-7-10-30-26(8-5-11-32(30)34)21-36(41(53)54)48-40(52)38-28(24-50-16-3-4-17-50)20-29(22-35(38)43)51-18-19-55-25-37(51)42(44,45)46/h5-15,20,22,36-37H,3-4,16-19,21,23-25H2,1-2H3,(H,48,52)(H,53,54)/t36-,37+/m0/s1. The zero-order chi connectivity index (χ0) is 38.9. The molecule has 0 radical (unpaired) electrons. The van der Waals surface area contributed by atoms with Gasteiger partial charge in [-0.3, -0.25) is 14.7 Å². The molecule has 2 N–H and O–H groups in total. The second-order valence-corrected chi connectivity index (χ2v) is 14.6. The molecular formula is C42H43F4N5O4. The molecule has 2 aliphatic heterocycles. The molecule has 1 aromatic heterocycles. The lowest BCUT2D eigenvalue weighted by Crippen LogP contribution is -2.53. The van der Waals surface area contributed by atoms with Crippen molar-refractivity contribution in [2.45, 2.75) is 50.6 Å². The summed E-state index contributed by atoms with van der Waals surface area (Å²) in [6, 6.07) is 18.4. The van der Waals surface area contributed by atoms with Gasteiger partial charge in [-0.1, -0.05) is 54.6 Å². The second kappa shape index (κ2) is 15.9. The van der Waals surface area contributed by atoms with Gasteiger partial charge in [-0.25, -0.2) is 9.18 Å². The van der Waals surface area contributed by atoms with Gasteiger partial charge in [-0.05, 0) is 91.1 Å². The van der Waals surface area contributed by atoms with Gasteiger partial charge in [-0.15, -0.1) is 0 Å². The molecule has 1 amide bonds. The van der Waals surface area contributed by atoms with E-state index in [-0.39, 0.29) is 42.9 Å². The summed E-state index contributed by atoms with van der Waals surface area (Å²) in [5.74, 6) is -3.29. The minimum atomic E-state index is -4.62. The highest BCUT2D eigenvalue weighted by Gasteiger charge is 2.46. The number of nitrogens with one attached hydrogen (secondary N) is 1. The number of pyridine rings is 1. The van der Waals surface area contributed by atoms with E-state index in [1.54, 1.807) is 12.3 Å². The molecule has 3 heterocycles. The lowest BCUT2D eigenvalue weighted by molar-refractivity contribution is -0.167. The molecule has 55 heavy (non-hydrogen) atoms. The molecule has 288 valence electrons. The van der Waals surface area contributed by atoms with Crippen molar-refractivity contribution in [2.24, 2.45) is 0 Å². The predicted octanol–water partition coefficient (Wildman–Crippen LogP) is 7.04. The third kappa shape index (κ3) is 8.14. The Balaban J connectivity index is 1.21. The summed E-state index contributed by atoms with van der Waals surface area (Å²) < 4.78 is 63.2. The summed E-state index contributed by atoms with van der Waals surface area (Å²) >= 11 is 0. The topological polar surface area (TPSA) is 98.2 Å². The van der Waals surface area contributed by atoms with Crippen LogP contribution in [0.5, 0.6) is 0 Å². The van der Waals surface area contributed by atoms with Crippen LogP contribution in [0.4, 0.5) is 23.2 Å². The smallest absolute Gasteiger partial charge is 0.411 e. The van der Waals surface area contributed by atoms with Crippen LogP contribution in [0.25, 0.3) is 32.8 Å². The van der Waals surface area contributed by atoms with E-state index in [2.05, 4.69) is 16.3 Å². The van der Waals surface area contributed by atoms with Gasteiger partial charge < -0.3 is 25.0 Å². The van der Waals surface area contributed by atoms with Gasteiger partial charge in [0.1, 0.15) is 17.9 Å². The molecule has 5 aromatic rings. The Morgan fingerprint density at radius 2 is 1.62 bits per heavy atom. The molecular weight excluding hydrogens is 714 g/mol. The Kier molecular flexibility index (Phi) is 11.1. The Morgan fingerprint density at radius 3 is 2.35 bits per heavy atom. The highest BCUT2D eigenvalue weighted by atomic mass is 19.4. The number of anilines is 1. The molecule has 7 rings (SSSR count). The van der Waals surface area contributed by atoms with Gasteiger partial charge in [0.15, 0.2) is 0 Å². The minimum Gasteiger partial charge on any atom is -0.480 e. The van der Waals surface area contributed by atoms with Crippen molar-refractivity contribution in [3.63, 3.8) is 0 Å². The number of morpholine rings is 1. The molecule has 2 aliphatic rings. The number of carbonyl (C=O) groups excluding carboxylic acids is 1. The van der Waals surface area contributed by atoms with Crippen molar-refractivity contribution >= 4 is 39.1 Å². The van der Waals surface area contributed by atoms with Gasteiger partial charge in [0, 0.05) is 48.9 Å². The number of hydrogen-bond acceptors (Lipinski definition) is 7. The van der Waals surface area contributed by atoms with E-state index in [9.17, 15) is 27.9 Å². The number of benzene rings is 4. The highest BCUT2D eigenvalue weighted by molar-refractivity contribution is 6.05. The lowest BCUT2D eigenvalue weighted by atomic mass is 9.92. The molecule has 0 aliphatic carbocycles. The van der Waals surface area contributed by atoms with Crippen LogP contribution in [0.15, 0.2) is 79.0 Å². The summed E-state index contributed by atoms with van der Waals surface area (Å²) in [5, 5.41) is 16.6. The van der Waals surface area contributed by atoms with Crippen LogP contribution in [0.1, 0.15) is 39.9 Å². The fourth-order valence-corrected chi connectivity index (χ4v) is 7.93. The number of aliphatic carboxylic acids is 1. The zero-order valence-electron chi connectivity index (χ0n) is 30.7. The Bertz CT molecular complexity index is 2220. The number of carboxylic acids is 1. The number of likely N-dealkylation sites (tertiary alicyclic amines) is 1. The Morgan fingerprint density at radius 1 is 0.927 bits per heavy atom. The molecule has 0 bridgehead atoms. The Hall–Kier alpha value is -5.11. The van der Waals surface area contributed by atoms with Crippen molar-refractivity contribution in [1.82, 2.24) is 20.1 Å². The van der Waals surface area contributed by atoms with Crippen LogP contribution in [-0.2, 0) is 29.0 Å². The van der Waals surface area contributed by atoms with E-state index in [0.717, 1.165) is 68.7 Å². The highest BCUT2D eigenvalue weighted by Crippen LogP contribution is 2.36. The summed E-state index contributed by atoms with van der Waals surface area (Å²) in [6.07, 6.45) is -1.16. The molecule has 4 aromatic carbocycles. The zero-order valence-corrected chi connectivity index (χ0v) is 30.7. The number of rotatable bonds is 11. The number of fused-ring (bicyclic) bond motifs is 2. The fraction of sp³-hybridized carbons (Fsp3) is 0.357. The van der Waals surface area contributed by atoms with Crippen molar-refractivity contribution in [1.29, 1.82) is 0 Å².